The summed E-state index contributed by atoms with van der Waals surface area (Å²) in [5.41, 5.74) is 0.275. The molecule has 0 saturated heterocycles. The van der Waals surface area contributed by atoms with Crippen molar-refractivity contribution in [2.75, 3.05) is 0 Å². The molecule has 16 heavy (non-hydrogen) atoms. The summed E-state index contributed by atoms with van der Waals surface area (Å²) in [7, 11) is 0. The first-order valence-electron chi connectivity index (χ1n) is 4.47. The van der Waals surface area contributed by atoms with Crippen LogP contribution in [0, 0.1) is 5.82 Å². The quantitative estimate of drug-likeness (QED) is 0.831. The number of halogens is 3. The highest BCUT2D eigenvalue weighted by atomic mass is 79.9. The van der Waals surface area contributed by atoms with Crippen molar-refractivity contribution in [3.63, 3.8) is 0 Å². The summed E-state index contributed by atoms with van der Waals surface area (Å²) in [6, 6.07) is 8.26. The minimum absolute atomic E-state index is 0.275. The van der Waals surface area contributed by atoms with E-state index < -0.39 is 11.9 Å². The van der Waals surface area contributed by atoms with E-state index in [9.17, 15) is 9.50 Å². The third-order valence-corrected chi connectivity index (χ3v) is 4.50. The zero-order chi connectivity index (χ0) is 11.7. The number of aliphatic hydroxyl groups excluding tert-OH is 1. The van der Waals surface area contributed by atoms with E-state index in [2.05, 4.69) is 31.9 Å². The van der Waals surface area contributed by atoms with Gasteiger partial charge in [-0.05, 0) is 40.2 Å². The van der Waals surface area contributed by atoms with Gasteiger partial charge < -0.3 is 5.11 Å². The molecule has 1 N–H and O–H groups in total. The highest BCUT2D eigenvalue weighted by Gasteiger charge is 2.19. The predicted octanol–water partition coefficient (Wildman–Crippen LogP) is 4.49. The molecule has 0 fully saturated rings. The van der Waals surface area contributed by atoms with Gasteiger partial charge in [-0.25, -0.2) is 4.39 Å². The van der Waals surface area contributed by atoms with Crippen molar-refractivity contribution < 1.29 is 9.50 Å². The van der Waals surface area contributed by atoms with Crippen LogP contribution in [-0.4, -0.2) is 5.11 Å². The summed E-state index contributed by atoms with van der Waals surface area (Å²) < 4.78 is 15.1. The number of hydrogen-bond donors (Lipinski definition) is 1. The second-order valence-corrected chi connectivity index (χ2v) is 6.53. The lowest BCUT2D eigenvalue weighted by Gasteiger charge is -2.11. The molecule has 1 atom stereocenters. The molecule has 0 aliphatic carbocycles. The van der Waals surface area contributed by atoms with Crippen LogP contribution in [0.5, 0.6) is 0 Å². The Morgan fingerprint density at radius 2 is 1.94 bits per heavy atom. The maximum Gasteiger partial charge on any atom is 0.130 e. The first-order chi connectivity index (χ1) is 7.59. The second kappa shape index (κ2) is 4.96. The van der Waals surface area contributed by atoms with Crippen molar-refractivity contribution in [2.45, 2.75) is 6.10 Å². The van der Waals surface area contributed by atoms with Gasteiger partial charge in [0, 0.05) is 14.9 Å². The van der Waals surface area contributed by atoms with E-state index in [1.807, 2.05) is 6.07 Å². The Labute approximate surface area is 113 Å². The van der Waals surface area contributed by atoms with Gasteiger partial charge in [0.25, 0.3) is 0 Å². The normalized spacial score (nSPS) is 12.8. The Balaban J connectivity index is 2.45. The van der Waals surface area contributed by atoms with Gasteiger partial charge in [-0.3, -0.25) is 0 Å². The Kier molecular flexibility index (Phi) is 3.79. The summed E-state index contributed by atoms with van der Waals surface area (Å²) in [5.74, 6) is -0.411. The number of aliphatic hydroxyl groups is 1. The van der Waals surface area contributed by atoms with Crippen LogP contribution >= 0.6 is 43.2 Å². The van der Waals surface area contributed by atoms with Crippen LogP contribution < -0.4 is 0 Å². The van der Waals surface area contributed by atoms with Gasteiger partial charge in [0.2, 0.25) is 0 Å². The first-order valence-corrected chi connectivity index (χ1v) is 6.87. The molecule has 84 valence electrons. The molecule has 2 rings (SSSR count). The predicted molar refractivity (Wildman–Crippen MR) is 70.2 cm³/mol. The zero-order valence-corrected chi connectivity index (χ0v) is 11.9. The maximum atomic E-state index is 13.6. The molecule has 1 aromatic carbocycles. The van der Waals surface area contributed by atoms with Gasteiger partial charge in [-0.2, -0.15) is 0 Å². The fraction of sp³-hybridized carbons (Fsp3) is 0.0909. The van der Waals surface area contributed by atoms with Crippen molar-refractivity contribution in [2.24, 2.45) is 0 Å². The molecule has 1 nitrogen and oxygen atoms in total. The lowest BCUT2D eigenvalue weighted by molar-refractivity contribution is 0.218. The van der Waals surface area contributed by atoms with Gasteiger partial charge in [-0.1, -0.05) is 22.0 Å². The molecule has 0 radical (unpaired) electrons. The number of rotatable bonds is 2. The van der Waals surface area contributed by atoms with E-state index in [1.165, 1.54) is 17.4 Å². The molecule has 2 aromatic rings. The van der Waals surface area contributed by atoms with Gasteiger partial charge in [0.1, 0.15) is 11.9 Å². The summed E-state index contributed by atoms with van der Waals surface area (Å²) in [4.78, 5) is 0.706. The van der Waals surface area contributed by atoms with E-state index in [1.54, 1.807) is 18.2 Å². The fourth-order valence-corrected chi connectivity index (χ4v) is 3.37. The molecule has 0 amide bonds. The van der Waals surface area contributed by atoms with E-state index in [0.717, 1.165) is 3.79 Å². The van der Waals surface area contributed by atoms with E-state index >= 15 is 0 Å². The van der Waals surface area contributed by atoms with E-state index in [0.29, 0.717) is 9.35 Å². The molecule has 0 aliphatic rings. The Morgan fingerprint density at radius 1 is 1.19 bits per heavy atom. The van der Waals surface area contributed by atoms with Crippen LogP contribution in [0.2, 0.25) is 0 Å². The minimum Gasteiger partial charge on any atom is -0.383 e. The molecule has 1 heterocycles. The van der Waals surface area contributed by atoms with Gasteiger partial charge in [-0.15, -0.1) is 11.3 Å². The van der Waals surface area contributed by atoms with E-state index in [4.69, 9.17) is 0 Å². The smallest absolute Gasteiger partial charge is 0.130 e. The van der Waals surface area contributed by atoms with Crippen molar-refractivity contribution >= 4 is 43.2 Å². The topological polar surface area (TPSA) is 20.2 Å². The Hall–Kier alpha value is -0.230. The van der Waals surface area contributed by atoms with Crippen molar-refractivity contribution in [1.82, 2.24) is 0 Å². The molecule has 1 unspecified atom stereocenters. The lowest BCUT2D eigenvalue weighted by atomic mass is 10.1. The largest absolute Gasteiger partial charge is 0.383 e. The standard InChI is InChI=1S/C11H7Br2FOS/c12-6-2-1-3-7(14)10(6)11(15)8-4-5-9(13)16-8/h1-5,11,15H. The van der Waals surface area contributed by atoms with Gasteiger partial charge in [0.05, 0.1) is 3.79 Å². The summed E-state index contributed by atoms with van der Waals surface area (Å²) in [6.45, 7) is 0. The molecule has 0 aliphatic heterocycles. The molecular weight excluding hydrogens is 359 g/mol. The third kappa shape index (κ3) is 2.37. The van der Waals surface area contributed by atoms with Crippen LogP contribution in [0.25, 0.3) is 0 Å². The van der Waals surface area contributed by atoms with Crippen LogP contribution in [0.3, 0.4) is 0 Å². The third-order valence-electron chi connectivity index (χ3n) is 2.14. The molecule has 5 heteroatoms. The van der Waals surface area contributed by atoms with Crippen LogP contribution in [-0.2, 0) is 0 Å². The van der Waals surface area contributed by atoms with Crippen LogP contribution in [0.1, 0.15) is 16.5 Å². The zero-order valence-electron chi connectivity index (χ0n) is 7.95. The minimum atomic E-state index is -0.938. The number of benzene rings is 1. The number of thiophene rings is 1. The van der Waals surface area contributed by atoms with Gasteiger partial charge >= 0.3 is 0 Å². The fourth-order valence-electron chi connectivity index (χ4n) is 1.39. The van der Waals surface area contributed by atoms with E-state index in [-0.39, 0.29) is 5.56 Å². The highest BCUT2D eigenvalue weighted by Crippen LogP contribution is 2.35. The summed E-state index contributed by atoms with van der Waals surface area (Å²) in [6.07, 6.45) is -0.938. The lowest BCUT2D eigenvalue weighted by Crippen LogP contribution is -2.01. The molecule has 0 spiro atoms. The maximum absolute atomic E-state index is 13.6. The molecular formula is C11H7Br2FOS. The van der Waals surface area contributed by atoms with Crippen LogP contribution in [0.4, 0.5) is 4.39 Å². The van der Waals surface area contributed by atoms with Crippen molar-refractivity contribution in [3.8, 4) is 0 Å². The molecule has 0 bridgehead atoms. The average molecular weight is 366 g/mol. The Morgan fingerprint density at radius 3 is 2.50 bits per heavy atom. The van der Waals surface area contributed by atoms with Crippen molar-refractivity contribution in [1.29, 1.82) is 0 Å². The first kappa shape index (κ1) is 12.2. The monoisotopic (exact) mass is 364 g/mol. The van der Waals surface area contributed by atoms with Gasteiger partial charge in [0.15, 0.2) is 0 Å². The molecule has 0 saturated carbocycles. The second-order valence-electron chi connectivity index (χ2n) is 3.18. The van der Waals surface area contributed by atoms with Crippen molar-refractivity contribution in [3.05, 3.63) is 54.8 Å². The SMILES string of the molecule is OC(c1ccc(Br)s1)c1c(F)cccc1Br. The average Bonchev–Trinajstić information content (AvgIpc) is 2.64. The summed E-state index contributed by atoms with van der Waals surface area (Å²) in [5, 5.41) is 10.1. The number of hydrogen-bond acceptors (Lipinski definition) is 2. The van der Waals surface area contributed by atoms with Crippen LogP contribution in [0.15, 0.2) is 38.6 Å². The Bertz CT molecular complexity index is 492. The highest BCUT2D eigenvalue weighted by molar-refractivity contribution is 9.11. The molecule has 1 aromatic heterocycles. The summed E-state index contributed by atoms with van der Waals surface area (Å²) >= 11 is 7.94.